The third-order valence-electron chi connectivity index (χ3n) is 3.27. The van der Waals surface area contributed by atoms with Gasteiger partial charge in [0.2, 0.25) is 0 Å². The van der Waals surface area contributed by atoms with Crippen LogP contribution in [-0.4, -0.2) is 11.1 Å². The summed E-state index contributed by atoms with van der Waals surface area (Å²) in [5.41, 5.74) is -0.239. The van der Waals surface area contributed by atoms with Gasteiger partial charge >= 0.3 is 12.1 Å². The minimum absolute atomic E-state index is 0.0566. The van der Waals surface area contributed by atoms with Crippen LogP contribution in [0.5, 0.6) is 5.75 Å². The third kappa shape index (κ3) is 2.57. The lowest BCUT2D eigenvalue weighted by molar-refractivity contribution is -0.137. The molecule has 0 spiro atoms. The van der Waals surface area contributed by atoms with Crippen molar-refractivity contribution in [2.24, 2.45) is 0 Å². The molecule has 0 fully saturated rings. The van der Waals surface area contributed by atoms with Crippen LogP contribution in [0, 0.1) is 0 Å². The van der Waals surface area contributed by atoms with E-state index in [-0.39, 0.29) is 17.0 Å². The van der Waals surface area contributed by atoms with Gasteiger partial charge in [-0.3, -0.25) is 0 Å². The van der Waals surface area contributed by atoms with Gasteiger partial charge in [-0.1, -0.05) is 0 Å². The summed E-state index contributed by atoms with van der Waals surface area (Å²) in [5, 5.41) is 12.1. The Morgan fingerprint density at radius 1 is 1.09 bits per heavy atom. The molecule has 1 aliphatic heterocycles. The molecule has 7 heteroatoms. The van der Waals surface area contributed by atoms with Crippen LogP contribution < -0.4 is 5.32 Å². The highest BCUT2D eigenvalue weighted by atomic mass is 19.4. The van der Waals surface area contributed by atoms with Crippen LogP contribution in [0.15, 0.2) is 42.5 Å². The quantitative estimate of drug-likeness (QED) is 0.789. The van der Waals surface area contributed by atoms with Crippen molar-refractivity contribution in [3.05, 3.63) is 59.2 Å². The maximum absolute atomic E-state index is 12.7. The second-order valence-corrected chi connectivity index (χ2v) is 4.78. The van der Waals surface area contributed by atoms with Gasteiger partial charge in [-0.05, 0) is 42.5 Å². The van der Waals surface area contributed by atoms with E-state index in [0.29, 0.717) is 5.56 Å². The van der Waals surface area contributed by atoms with E-state index < -0.39 is 23.9 Å². The molecule has 2 aromatic carbocycles. The smallest absolute Gasteiger partial charge is 0.416 e. The van der Waals surface area contributed by atoms with Gasteiger partial charge in [0.25, 0.3) is 0 Å². The summed E-state index contributed by atoms with van der Waals surface area (Å²) < 4.78 is 43.1. The normalized spacial score (nSPS) is 17.4. The van der Waals surface area contributed by atoms with Gasteiger partial charge in [0, 0.05) is 5.56 Å². The molecule has 0 radical (unpaired) electrons. The number of phenols is 1. The van der Waals surface area contributed by atoms with Crippen molar-refractivity contribution in [1.29, 1.82) is 0 Å². The number of phenolic OH excluding ortho intramolecular Hbond substituents is 1. The first-order valence-electron chi connectivity index (χ1n) is 6.32. The molecule has 1 atom stereocenters. The molecule has 4 nitrogen and oxygen atoms in total. The largest absolute Gasteiger partial charge is 0.508 e. The Kier molecular flexibility index (Phi) is 3.20. The molecule has 2 aromatic rings. The second-order valence-electron chi connectivity index (χ2n) is 4.78. The fourth-order valence-corrected chi connectivity index (χ4v) is 2.16. The standard InChI is InChI=1S/C15H10F3NO3/c16-15(17,18)9-3-6-12-11(7-9)14(21)22-13(19-12)8-1-4-10(20)5-2-8/h1-7,13,19-20H. The zero-order valence-corrected chi connectivity index (χ0v) is 11.0. The molecule has 0 bridgehead atoms. The molecular formula is C15H10F3NO3. The number of cyclic esters (lactones) is 1. The Balaban J connectivity index is 1.93. The maximum Gasteiger partial charge on any atom is 0.416 e. The molecule has 3 rings (SSSR count). The van der Waals surface area contributed by atoms with E-state index in [4.69, 9.17) is 4.74 Å². The fraction of sp³-hybridized carbons (Fsp3) is 0.133. The number of rotatable bonds is 1. The number of halogens is 3. The van der Waals surface area contributed by atoms with Gasteiger partial charge in [-0.25, -0.2) is 4.79 Å². The predicted octanol–water partition coefficient (Wildman–Crippen LogP) is 3.69. The highest BCUT2D eigenvalue weighted by Crippen LogP contribution is 2.36. The molecule has 1 heterocycles. The lowest BCUT2D eigenvalue weighted by Crippen LogP contribution is -2.26. The second kappa shape index (κ2) is 4.94. The molecule has 114 valence electrons. The van der Waals surface area contributed by atoms with Gasteiger partial charge in [0.15, 0.2) is 6.23 Å². The number of alkyl halides is 3. The number of hydrogen-bond acceptors (Lipinski definition) is 4. The van der Waals surface area contributed by atoms with Crippen molar-refractivity contribution in [3.8, 4) is 5.75 Å². The summed E-state index contributed by atoms with van der Waals surface area (Å²) >= 11 is 0. The maximum atomic E-state index is 12.7. The lowest BCUT2D eigenvalue weighted by Gasteiger charge is -2.27. The molecule has 1 aliphatic rings. The van der Waals surface area contributed by atoms with Crippen molar-refractivity contribution in [3.63, 3.8) is 0 Å². The minimum atomic E-state index is -4.52. The summed E-state index contributed by atoms with van der Waals surface area (Å²) in [6.45, 7) is 0. The number of anilines is 1. The highest BCUT2D eigenvalue weighted by Gasteiger charge is 2.34. The molecule has 1 unspecified atom stereocenters. The third-order valence-corrected chi connectivity index (χ3v) is 3.27. The van der Waals surface area contributed by atoms with Crippen LogP contribution in [0.1, 0.15) is 27.7 Å². The van der Waals surface area contributed by atoms with Crippen LogP contribution in [-0.2, 0) is 10.9 Å². The first-order valence-corrected chi connectivity index (χ1v) is 6.32. The summed E-state index contributed by atoms with van der Waals surface area (Å²) in [5.74, 6) is -0.779. The number of hydrogen-bond donors (Lipinski definition) is 2. The summed E-state index contributed by atoms with van der Waals surface area (Å²) in [6, 6.07) is 8.81. The van der Waals surface area contributed by atoms with Gasteiger partial charge in [0.1, 0.15) is 5.75 Å². The van der Waals surface area contributed by atoms with Crippen molar-refractivity contribution in [2.75, 3.05) is 5.32 Å². The van der Waals surface area contributed by atoms with E-state index in [0.717, 1.165) is 12.1 Å². The molecule has 22 heavy (non-hydrogen) atoms. The average Bonchev–Trinajstić information content (AvgIpc) is 2.46. The van der Waals surface area contributed by atoms with E-state index in [1.807, 2.05) is 0 Å². The number of ether oxygens (including phenoxy) is 1. The monoisotopic (exact) mass is 309 g/mol. The Morgan fingerprint density at radius 2 is 1.77 bits per heavy atom. The summed E-state index contributed by atoms with van der Waals surface area (Å²) in [7, 11) is 0. The minimum Gasteiger partial charge on any atom is -0.508 e. The molecule has 0 aliphatic carbocycles. The van der Waals surface area contributed by atoms with Gasteiger partial charge in [-0.15, -0.1) is 0 Å². The van der Waals surface area contributed by atoms with Crippen molar-refractivity contribution < 1.29 is 27.8 Å². The predicted molar refractivity (Wildman–Crippen MR) is 71.3 cm³/mol. The van der Waals surface area contributed by atoms with Crippen LogP contribution >= 0.6 is 0 Å². The van der Waals surface area contributed by atoms with Crippen LogP contribution in [0.25, 0.3) is 0 Å². The Morgan fingerprint density at radius 3 is 2.41 bits per heavy atom. The van der Waals surface area contributed by atoms with Gasteiger partial charge in [-0.2, -0.15) is 13.2 Å². The van der Waals surface area contributed by atoms with Gasteiger partial charge < -0.3 is 15.2 Å². The topological polar surface area (TPSA) is 58.6 Å². The fourth-order valence-electron chi connectivity index (χ4n) is 2.16. The van der Waals surface area contributed by atoms with E-state index in [9.17, 15) is 23.1 Å². The lowest BCUT2D eigenvalue weighted by atomic mass is 10.1. The number of benzene rings is 2. The van der Waals surface area contributed by atoms with E-state index in [1.165, 1.54) is 18.2 Å². The highest BCUT2D eigenvalue weighted by molar-refractivity contribution is 5.97. The number of aromatic hydroxyl groups is 1. The Labute approximate surface area is 123 Å². The molecule has 0 saturated heterocycles. The summed E-state index contributed by atoms with van der Waals surface area (Å²) in [4.78, 5) is 11.9. The van der Waals surface area contributed by atoms with E-state index >= 15 is 0 Å². The van der Waals surface area contributed by atoms with Gasteiger partial charge in [0.05, 0.1) is 16.8 Å². The average molecular weight is 309 g/mol. The number of fused-ring (bicyclic) bond motifs is 1. The van der Waals surface area contributed by atoms with Crippen LogP contribution in [0.3, 0.4) is 0 Å². The molecule has 0 aromatic heterocycles. The van der Waals surface area contributed by atoms with E-state index in [2.05, 4.69) is 5.32 Å². The number of esters is 1. The van der Waals surface area contributed by atoms with Crippen molar-refractivity contribution >= 4 is 11.7 Å². The number of nitrogens with one attached hydrogen (secondary N) is 1. The molecule has 2 N–H and O–H groups in total. The summed E-state index contributed by atoms with van der Waals surface area (Å²) in [6.07, 6.45) is -5.35. The number of carbonyl (C=O) groups is 1. The first-order chi connectivity index (χ1) is 10.3. The zero-order valence-electron chi connectivity index (χ0n) is 11.0. The first kappa shape index (κ1) is 14.2. The van der Waals surface area contributed by atoms with Crippen molar-refractivity contribution in [1.82, 2.24) is 0 Å². The van der Waals surface area contributed by atoms with Crippen LogP contribution in [0.2, 0.25) is 0 Å². The van der Waals surface area contributed by atoms with E-state index in [1.54, 1.807) is 12.1 Å². The number of carbonyl (C=O) groups excluding carboxylic acids is 1. The SMILES string of the molecule is O=C1OC(c2ccc(O)cc2)Nc2ccc(C(F)(F)F)cc21. The Hall–Kier alpha value is -2.70. The zero-order chi connectivity index (χ0) is 15.9. The molecular weight excluding hydrogens is 299 g/mol. The van der Waals surface area contributed by atoms with Crippen molar-refractivity contribution in [2.45, 2.75) is 12.4 Å². The van der Waals surface area contributed by atoms with Crippen LogP contribution in [0.4, 0.5) is 18.9 Å². The molecule has 0 saturated carbocycles. The molecule has 0 amide bonds. The Bertz CT molecular complexity index is 726.